The molecule has 8 heteroatoms. The van der Waals surface area contributed by atoms with E-state index in [-0.39, 0.29) is 0 Å². The maximum atomic E-state index is 5.64. The number of aryl methyl sites for hydroxylation is 1. The van der Waals surface area contributed by atoms with E-state index < -0.39 is 0 Å². The molecule has 5 rings (SSSR count). The van der Waals surface area contributed by atoms with Gasteiger partial charge in [0.05, 0.1) is 18.0 Å². The zero-order chi connectivity index (χ0) is 21.2. The molecule has 3 aromatic heterocycles. The molecule has 4 heterocycles. The lowest BCUT2D eigenvalue weighted by Crippen LogP contribution is -2.10. The molecule has 0 fully saturated rings. The smallest absolute Gasteiger partial charge is 0.216 e. The number of benzene rings is 1. The van der Waals surface area contributed by atoms with E-state index in [1.54, 1.807) is 13.3 Å². The average molecular weight is 414 g/mol. The topological polar surface area (TPSA) is 85.9 Å². The molecule has 1 aliphatic rings. The van der Waals surface area contributed by atoms with E-state index in [0.29, 0.717) is 5.82 Å². The summed E-state index contributed by atoms with van der Waals surface area (Å²) >= 11 is 0. The minimum atomic E-state index is 0.673. The van der Waals surface area contributed by atoms with Crippen molar-refractivity contribution in [3.05, 3.63) is 66.2 Å². The van der Waals surface area contributed by atoms with Crippen molar-refractivity contribution in [2.75, 3.05) is 19.0 Å². The molecule has 0 spiro atoms. The second-order valence-corrected chi connectivity index (χ2v) is 7.33. The van der Waals surface area contributed by atoms with Crippen molar-refractivity contribution in [3.8, 4) is 17.1 Å². The summed E-state index contributed by atoms with van der Waals surface area (Å²) in [5.74, 6) is 1.40. The fraction of sp³-hybridized carbons (Fsp3) is 0.217. The third kappa shape index (κ3) is 3.79. The van der Waals surface area contributed by atoms with Gasteiger partial charge in [-0.25, -0.2) is 15.0 Å². The molecule has 8 nitrogen and oxygen atoms in total. The fourth-order valence-electron chi connectivity index (χ4n) is 3.65. The lowest BCUT2D eigenvalue weighted by molar-refractivity contribution is 0.213. The Kier molecular flexibility index (Phi) is 4.95. The van der Waals surface area contributed by atoms with Crippen LogP contribution in [-0.2, 0) is 11.3 Å². The largest absolute Gasteiger partial charge is 0.477 e. The SMILES string of the molecule is CO/N=C(/C)c1ccc(Nc2nc(-c3cnc4c(c3)CCCO4)cn3ccnc23)cc1. The minimum absolute atomic E-state index is 0.673. The van der Waals surface area contributed by atoms with Crippen LogP contribution in [0.4, 0.5) is 11.5 Å². The monoisotopic (exact) mass is 414 g/mol. The van der Waals surface area contributed by atoms with Gasteiger partial charge in [-0.2, -0.15) is 0 Å². The van der Waals surface area contributed by atoms with E-state index in [4.69, 9.17) is 14.6 Å². The standard InChI is InChI=1S/C23H22N6O2/c1-15(28-30-2)16-5-7-19(8-6-16)26-21-22-24-9-10-29(22)14-20(27-21)18-12-17-4-3-11-31-23(17)25-13-18/h5-10,12-14H,3-4,11H2,1-2H3,(H,26,27)/b28-15-. The second-order valence-electron chi connectivity index (χ2n) is 7.33. The molecular weight excluding hydrogens is 392 g/mol. The summed E-state index contributed by atoms with van der Waals surface area (Å²) in [5.41, 5.74) is 6.34. The lowest BCUT2D eigenvalue weighted by Gasteiger charge is -2.16. The normalized spacial score (nSPS) is 13.5. The third-order valence-corrected chi connectivity index (χ3v) is 5.22. The quantitative estimate of drug-likeness (QED) is 0.389. The van der Waals surface area contributed by atoms with Crippen LogP contribution in [0.15, 0.2) is 60.3 Å². The van der Waals surface area contributed by atoms with Crippen LogP contribution in [0.3, 0.4) is 0 Å². The van der Waals surface area contributed by atoms with Crippen LogP contribution in [0, 0.1) is 0 Å². The van der Waals surface area contributed by atoms with Gasteiger partial charge in [-0.15, -0.1) is 0 Å². The van der Waals surface area contributed by atoms with Gasteiger partial charge in [0.1, 0.15) is 7.11 Å². The van der Waals surface area contributed by atoms with E-state index in [9.17, 15) is 0 Å². The number of aromatic nitrogens is 4. The Bertz CT molecular complexity index is 1260. The van der Waals surface area contributed by atoms with Gasteiger partial charge in [0.25, 0.3) is 0 Å². The number of nitrogens with zero attached hydrogens (tertiary/aromatic N) is 5. The van der Waals surface area contributed by atoms with Crippen molar-refractivity contribution < 1.29 is 9.57 Å². The van der Waals surface area contributed by atoms with Crippen LogP contribution in [0.1, 0.15) is 24.5 Å². The Morgan fingerprint density at radius 1 is 1.23 bits per heavy atom. The van der Waals surface area contributed by atoms with E-state index in [1.165, 1.54) is 0 Å². The zero-order valence-electron chi connectivity index (χ0n) is 17.4. The van der Waals surface area contributed by atoms with E-state index in [1.807, 2.05) is 54.2 Å². The number of hydrogen-bond acceptors (Lipinski definition) is 7. The first-order valence-corrected chi connectivity index (χ1v) is 10.1. The van der Waals surface area contributed by atoms with Gasteiger partial charge in [-0.3, -0.25) is 0 Å². The van der Waals surface area contributed by atoms with Crippen LogP contribution in [0.5, 0.6) is 5.88 Å². The second kappa shape index (κ2) is 8.06. The number of rotatable bonds is 5. The molecule has 1 aliphatic heterocycles. The summed E-state index contributed by atoms with van der Waals surface area (Å²) < 4.78 is 7.60. The number of ether oxygens (including phenoxy) is 1. The van der Waals surface area contributed by atoms with E-state index in [2.05, 4.69) is 26.5 Å². The molecule has 1 N–H and O–H groups in total. The van der Waals surface area contributed by atoms with Crippen molar-refractivity contribution in [3.63, 3.8) is 0 Å². The number of imidazole rings is 1. The first kappa shape index (κ1) is 19.0. The van der Waals surface area contributed by atoms with Crippen LogP contribution < -0.4 is 10.1 Å². The highest BCUT2D eigenvalue weighted by molar-refractivity contribution is 5.98. The molecule has 0 atom stereocenters. The Hall–Kier alpha value is -3.94. The maximum Gasteiger partial charge on any atom is 0.216 e. The highest BCUT2D eigenvalue weighted by atomic mass is 16.6. The predicted octanol–water partition coefficient (Wildman–Crippen LogP) is 4.23. The summed E-state index contributed by atoms with van der Waals surface area (Å²) in [4.78, 5) is 18.7. The molecule has 1 aromatic carbocycles. The molecule has 0 radical (unpaired) electrons. The highest BCUT2D eigenvalue weighted by Crippen LogP contribution is 2.29. The lowest BCUT2D eigenvalue weighted by atomic mass is 10.1. The summed E-state index contributed by atoms with van der Waals surface area (Å²) in [6.07, 6.45) is 9.42. The third-order valence-electron chi connectivity index (χ3n) is 5.22. The molecule has 0 unspecified atom stereocenters. The van der Waals surface area contributed by atoms with Gasteiger partial charge in [-0.1, -0.05) is 17.3 Å². The number of oxime groups is 1. The van der Waals surface area contributed by atoms with Crippen LogP contribution in [-0.4, -0.2) is 38.8 Å². The van der Waals surface area contributed by atoms with Gasteiger partial charge in [0.2, 0.25) is 5.88 Å². The summed E-state index contributed by atoms with van der Waals surface area (Å²) in [6.45, 7) is 2.63. The number of pyridine rings is 1. The van der Waals surface area contributed by atoms with Gasteiger partial charge in [0, 0.05) is 41.6 Å². The first-order chi connectivity index (χ1) is 15.2. The van der Waals surface area contributed by atoms with E-state index in [0.717, 1.165) is 64.8 Å². The summed E-state index contributed by atoms with van der Waals surface area (Å²) in [7, 11) is 1.54. The predicted molar refractivity (Wildman–Crippen MR) is 119 cm³/mol. The van der Waals surface area contributed by atoms with Gasteiger partial charge in [0.15, 0.2) is 11.5 Å². The average Bonchev–Trinajstić information content (AvgIpc) is 3.28. The Balaban J connectivity index is 1.49. The molecule has 31 heavy (non-hydrogen) atoms. The molecule has 0 aliphatic carbocycles. The van der Waals surface area contributed by atoms with Gasteiger partial charge < -0.3 is 19.3 Å². The minimum Gasteiger partial charge on any atom is -0.477 e. The maximum absolute atomic E-state index is 5.64. The Morgan fingerprint density at radius 3 is 2.94 bits per heavy atom. The van der Waals surface area contributed by atoms with Crippen molar-refractivity contribution in [2.24, 2.45) is 5.16 Å². The molecule has 0 saturated heterocycles. The number of hydrogen-bond donors (Lipinski definition) is 1. The number of anilines is 2. The summed E-state index contributed by atoms with van der Waals surface area (Å²) in [5, 5.41) is 7.37. The van der Waals surface area contributed by atoms with Crippen molar-refractivity contribution >= 4 is 22.9 Å². The Labute approximate surface area is 179 Å². The van der Waals surface area contributed by atoms with E-state index >= 15 is 0 Å². The van der Waals surface area contributed by atoms with Crippen molar-refractivity contribution in [2.45, 2.75) is 19.8 Å². The molecule has 0 saturated carbocycles. The number of fused-ring (bicyclic) bond motifs is 2. The molecule has 4 aromatic rings. The van der Waals surface area contributed by atoms with Gasteiger partial charge in [-0.05, 0) is 43.5 Å². The molecule has 156 valence electrons. The fourth-order valence-corrected chi connectivity index (χ4v) is 3.65. The van der Waals surface area contributed by atoms with Crippen molar-refractivity contribution in [1.82, 2.24) is 19.4 Å². The van der Waals surface area contributed by atoms with Crippen LogP contribution >= 0.6 is 0 Å². The molecule has 0 bridgehead atoms. The highest BCUT2D eigenvalue weighted by Gasteiger charge is 2.15. The molecule has 0 amide bonds. The van der Waals surface area contributed by atoms with Crippen LogP contribution in [0.2, 0.25) is 0 Å². The summed E-state index contributed by atoms with van der Waals surface area (Å²) in [6, 6.07) is 10.1. The zero-order valence-corrected chi connectivity index (χ0v) is 17.4. The van der Waals surface area contributed by atoms with Gasteiger partial charge >= 0.3 is 0 Å². The molecular formula is C23H22N6O2. The number of nitrogens with one attached hydrogen (secondary N) is 1. The first-order valence-electron chi connectivity index (χ1n) is 10.1. The van der Waals surface area contributed by atoms with Crippen molar-refractivity contribution in [1.29, 1.82) is 0 Å². The Morgan fingerprint density at radius 2 is 2.10 bits per heavy atom. The van der Waals surface area contributed by atoms with Crippen LogP contribution in [0.25, 0.3) is 16.9 Å².